The molecule has 0 radical (unpaired) electrons. The summed E-state index contributed by atoms with van der Waals surface area (Å²) in [4.78, 5) is 11.6. The van der Waals surface area contributed by atoms with Crippen LogP contribution >= 0.6 is 15.9 Å². The quantitative estimate of drug-likeness (QED) is 0.905. The number of benzene rings is 1. The molecule has 1 heterocycles. The molecule has 0 bridgehead atoms. The molecule has 100 valence electrons. The van der Waals surface area contributed by atoms with Crippen LogP contribution in [0.25, 0.3) is 0 Å². The number of carbonyl (C=O) groups excluding carboxylic acids is 1. The Balaban J connectivity index is 2.29. The molecule has 1 aromatic heterocycles. The van der Waals surface area contributed by atoms with Gasteiger partial charge in [-0.3, -0.25) is 9.48 Å². The first-order valence-corrected chi connectivity index (χ1v) is 6.58. The molecule has 0 spiro atoms. The summed E-state index contributed by atoms with van der Waals surface area (Å²) >= 11 is 3.37. The van der Waals surface area contributed by atoms with Crippen molar-refractivity contribution in [3.63, 3.8) is 0 Å². The van der Waals surface area contributed by atoms with Crippen LogP contribution < -0.4 is 11.1 Å². The van der Waals surface area contributed by atoms with Gasteiger partial charge in [-0.05, 0) is 31.2 Å². The highest BCUT2D eigenvalue weighted by Gasteiger charge is 2.21. The number of carbonyl (C=O) groups is 1. The maximum absolute atomic E-state index is 11.6. The molecule has 0 saturated carbocycles. The maximum Gasteiger partial charge on any atom is 0.244 e. The van der Waals surface area contributed by atoms with E-state index in [0.29, 0.717) is 0 Å². The molecule has 2 rings (SSSR count). The van der Waals surface area contributed by atoms with Crippen LogP contribution in [-0.2, 0) is 11.8 Å². The van der Waals surface area contributed by atoms with Crippen molar-refractivity contribution in [3.8, 4) is 0 Å². The number of aromatic nitrogens is 2. The summed E-state index contributed by atoms with van der Waals surface area (Å²) < 4.78 is 2.65. The highest BCUT2D eigenvalue weighted by molar-refractivity contribution is 9.10. The predicted octanol–water partition coefficient (Wildman–Crippen LogP) is 2.13. The molecule has 1 atom stereocenters. The van der Waals surface area contributed by atoms with E-state index in [-0.39, 0.29) is 0 Å². The fourth-order valence-corrected chi connectivity index (χ4v) is 2.18. The average Bonchev–Trinajstić information content (AvgIpc) is 2.67. The van der Waals surface area contributed by atoms with Gasteiger partial charge >= 0.3 is 0 Å². The number of amides is 1. The number of nitrogens with one attached hydrogen (secondary N) is 1. The minimum atomic E-state index is -0.588. The Hall–Kier alpha value is -1.82. The van der Waals surface area contributed by atoms with Crippen molar-refractivity contribution in [1.82, 2.24) is 9.78 Å². The van der Waals surface area contributed by atoms with E-state index in [2.05, 4.69) is 26.3 Å². The van der Waals surface area contributed by atoms with Gasteiger partial charge < -0.3 is 11.1 Å². The monoisotopic (exact) mass is 322 g/mol. The van der Waals surface area contributed by atoms with Crippen LogP contribution in [0.2, 0.25) is 0 Å². The van der Waals surface area contributed by atoms with Crippen LogP contribution in [0.4, 0.5) is 5.69 Å². The number of rotatable bonds is 4. The van der Waals surface area contributed by atoms with E-state index in [4.69, 9.17) is 5.73 Å². The zero-order valence-corrected chi connectivity index (χ0v) is 12.3. The number of primary amides is 1. The van der Waals surface area contributed by atoms with Crippen molar-refractivity contribution >= 4 is 27.5 Å². The lowest BCUT2D eigenvalue weighted by molar-refractivity contribution is -0.118. The number of aryl methyl sites for hydroxylation is 2. The van der Waals surface area contributed by atoms with Crippen molar-refractivity contribution in [2.75, 3.05) is 5.32 Å². The molecule has 1 unspecified atom stereocenters. The van der Waals surface area contributed by atoms with E-state index in [9.17, 15) is 4.79 Å². The zero-order valence-electron chi connectivity index (χ0n) is 10.7. The molecule has 0 saturated heterocycles. The first-order valence-electron chi connectivity index (χ1n) is 5.79. The van der Waals surface area contributed by atoms with E-state index in [0.717, 1.165) is 21.4 Å². The minimum Gasteiger partial charge on any atom is -0.370 e. The summed E-state index contributed by atoms with van der Waals surface area (Å²) in [6.45, 7) is 1.86. The largest absolute Gasteiger partial charge is 0.370 e. The molecule has 0 aliphatic heterocycles. The molecule has 2 aromatic rings. The summed E-state index contributed by atoms with van der Waals surface area (Å²) in [5.41, 5.74) is 7.88. The lowest BCUT2D eigenvalue weighted by atomic mass is 10.1. The zero-order chi connectivity index (χ0) is 14.0. The highest BCUT2D eigenvalue weighted by Crippen LogP contribution is 2.22. The molecule has 3 N–H and O–H groups in total. The molecule has 1 aromatic carbocycles. The second-order valence-corrected chi connectivity index (χ2v) is 5.25. The van der Waals surface area contributed by atoms with Gasteiger partial charge in [0.25, 0.3) is 0 Å². The number of hydrogen-bond donors (Lipinski definition) is 2. The fraction of sp³-hybridized carbons (Fsp3) is 0.231. The summed E-state index contributed by atoms with van der Waals surface area (Å²) in [5.74, 6) is -0.431. The topological polar surface area (TPSA) is 72.9 Å². The van der Waals surface area contributed by atoms with Crippen LogP contribution in [0.3, 0.4) is 0 Å². The van der Waals surface area contributed by atoms with Gasteiger partial charge in [0, 0.05) is 29.0 Å². The molecule has 5 nitrogen and oxygen atoms in total. The Kier molecular flexibility index (Phi) is 3.90. The Labute approximate surface area is 119 Å². The molecule has 1 amide bonds. The highest BCUT2D eigenvalue weighted by atomic mass is 79.9. The second-order valence-electron chi connectivity index (χ2n) is 4.33. The van der Waals surface area contributed by atoms with Crippen molar-refractivity contribution in [3.05, 3.63) is 46.2 Å². The number of hydrogen-bond acceptors (Lipinski definition) is 3. The third kappa shape index (κ3) is 3.14. The summed E-state index contributed by atoms with van der Waals surface area (Å²) in [5, 5.41) is 7.36. The molecule has 0 aliphatic carbocycles. The SMILES string of the molecule is Cc1nn(C)cc1C(Nc1ccc(Br)cc1)C(N)=O. The van der Waals surface area contributed by atoms with Crippen molar-refractivity contribution in [2.24, 2.45) is 12.8 Å². The van der Waals surface area contributed by atoms with Gasteiger partial charge in [-0.2, -0.15) is 5.10 Å². The molecular weight excluding hydrogens is 308 g/mol. The van der Waals surface area contributed by atoms with Crippen LogP contribution in [0, 0.1) is 6.92 Å². The standard InChI is InChI=1S/C13H15BrN4O/c1-8-11(7-18(2)17-8)12(13(15)19)16-10-5-3-9(14)4-6-10/h3-7,12,16H,1-2H3,(H2,15,19). The van der Waals surface area contributed by atoms with Gasteiger partial charge in [0.1, 0.15) is 6.04 Å². The predicted molar refractivity (Wildman–Crippen MR) is 77.6 cm³/mol. The minimum absolute atomic E-state index is 0.431. The van der Waals surface area contributed by atoms with E-state index in [1.807, 2.05) is 38.2 Å². The first-order chi connectivity index (χ1) is 8.97. The van der Waals surface area contributed by atoms with E-state index in [1.54, 1.807) is 10.9 Å². The van der Waals surface area contributed by atoms with Gasteiger partial charge in [0.15, 0.2) is 0 Å². The molecule has 0 aliphatic rings. The molecule has 0 fully saturated rings. The Bertz CT molecular complexity index is 591. The number of nitrogens with zero attached hydrogens (tertiary/aromatic N) is 2. The van der Waals surface area contributed by atoms with E-state index < -0.39 is 11.9 Å². The van der Waals surface area contributed by atoms with Gasteiger partial charge in [-0.25, -0.2) is 0 Å². The Morgan fingerprint density at radius 1 is 1.42 bits per heavy atom. The summed E-state index contributed by atoms with van der Waals surface area (Å²) in [7, 11) is 1.81. The maximum atomic E-state index is 11.6. The first kappa shape index (κ1) is 13.6. The van der Waals surface area contributed by atoms with Crippen LogP contribution in [0.1, 0.15) is 17.3 Å². The average molecular weight is 323 g/mol. The summed E-state index contributed by atoms with van der Waals surface area (Å²) in [6, 6.07) is 6.97. The van der Waals surface area contributed by atoms with E-state index in [1.165, 1.54) is 0 Å². The van der Waals surface area contributed by atoms with Gasteiger partial charge in [0.05, 0.1) is 5.69 Å². The Morgan fingerprint density at radius 2 is 2.05 bits per heavy atom. The third-order valence-electron chi connectivity index (χ3n) is 2.80. The van der Waals surface area contributed by atoms with Gasteiger partial charge in [-0.15, -0.1) is 0 Å². The fourth-order valence-electron chi connectivity index (χ4n) is 1.92. The van der Waals surface area contributed by atoms with Crippen LogP contribution in [0.5, 0.6) is 0 Å². The van der Waals surface area contributed by atoms with Crippen molar-refractivity contribution in [2.45, 2.75) is 13.0 Å². The Morgan fingerprint density at radius 3 is 2.53 bits per heavy atom. The van der Waals surface area contributed by atoms with E-state index >= 15 is 0 Å². The van der Waals surface area contributed by atoms with Gasteiger partial charge in [0.2, 0.25) is 5.91 Å². The van der Waals surface area contributed by atoms with Crippen molar-refractivity contribution < 1.29 is 4.79 Å². The molecular formula is C13H15BrN4O. The number of nitrogens with two attached hydrogens (primary N) is 1. The van der Waals surface area contributed by atoms with Crippen LogP contribution in [-0.4, -0.2) is 15.7 Å². The molecule has 19 heavy (non-hydrogen) atoms. The molecule has 6 heteroatoms. The van der Waals surface area contributed by atoms with Crippen LogP contribution in [0.15, 0.2) is 34.9 Å². The third-order valence-corrected chi connectivity index (χ3v) is 3.33. The normalized spacial score (nSPS) is 12.2. The van der Waals surface area contributed by atoms with Gasteiger partial charge in [-0.1, -0.05) is 15.9 Å². The smallest absolute Gasteiger partial charge is 0.244 e. The summed E-state index contributed by atoms with van der Waals surface area (Å²) in [6.07, 6.45) is 1.80. The van der Waals surface area contributed by atoms with Crippen molar-refractivity contribution in [1.29, 1.82) is 0 Å². The lowest BCUT2D eigenvalue weighted by Gasteiger charge is -2.16. The lowest BCUT2D eigenvalue weighted by Crippen LogP contribution is -2.28. The number of anilines is 1. The second kappa shape index (κ2) is 5.44. The number of halogens is 1.